The first kappa shape index (κ1) is 22.4. The first-order chi connectivity index (χ1) is 14.7. The van der Waals surface area contributed by atoms with E-state index in [9.17, 15) is 4.79 Å². The minimum Gasteiger partial charge on any atom is -0.385 e. The minimum atomic E-state index is -0.0196. The molecule has 166 valence electrons. The van der Waals surface area contributed by atoms with Gasteiger partial charge in [-0.1, -0.05) is 18.2 Å². The lowest BCUT2D eigenvalue weighted by molar-refractivity contribution is -0.135. The molecule has 2 heterocycles. The highest BCUT2D eigenvalue weighted by Gasteiger charge is 2.30. The quantitative estimate of drug-likeness (QED) is 0.387. The standard InChI is InChI=1S/C23H38N6O/c1-3-24-23(26-13-9-12-25-21-10-5-4-6-11-21)29-18-16-27(17-19-29)20(2)22(30)28-14-7-8-15-28/h4-6,10-11,20,25H,3,7-9,12-19H2,1-2H3,(H,24,26). The number of carbonyl (C=O) groups is 1. The highest BCUT2D eigenvalue weighted by molar-refractivity contribution is 5.82. The molecular formula is C23H38N6O. The molecule has 0 aliphatic carbocycles. The van der Waals surface area contributed by atoms with Gasteiger partial charge in [0.15, 0.2) is 5.96 Å². The van der Waals surface area contributed by atoms with E-state index in [-0.39, 0.29) is 6.04 Å². The second kappa shape index (κ2) is 11.8. The van der Waals surface area contributed by atoms with E-state index in [1.165, 1.54) is 0 Å². The zero-order valence-corrected chi connectivity index (χ0v) is 18.6. The van der Waals surface area contributed by atoms with Gasteiger partial charge < -0.3 is 20.4 Å². The van der Waals surface area contributed by atoms with Gasteiger partial charge in [-0.05, 0) is 45.2 Å². The first-order valence-electron chi connectivity index (χ1n) is 11.5. The summed E-state index contributed by atoms with van der Waals surface area (Å²) in [6, 6.07) is 10.3. The van der Waals surface area contributed by atoms with Crippen molar-refractivity contribution in [3.8, 4) is 0 Å². The molecule has 1 amide bonds. The van der Waals surface area contributed by atoms with Crippen LogP contribution in [0.4, 0.5) is 5.69 Å². The zero-order valence-electron chi connectivity index (χ0n) is 18.6. The van der Waals surface area contributed by atoms with E-state index in [1.807, 2.05) is 23.1 Å². The van der Waals surface area contributed by atoms with E-state index < -0.39 is 0 Å². The third kappa shape index (κ3) is 6.36. The number of likely N-dealkylation sites (tertiary alicyclic amines) is 1. The van der Waals surface area contributed by atoms with E-state index in [1.54, 1.807) is 0 Å². The largest absolute Gasteiger partial charge is 0.385 e. The van der Waals surface area contributed by atoms with Crippen molar-refractivity contribution in [2.24, 2.45) is 4.99 Å². The SMILES string of the molecule is CCNC(=NCCCNc1ccccc1)N1CCN(C(C)C(=O)N2CCCC2)CC1. The highest BCUT2D eigenvalue weighted by Crippen LogP contribution is 2.14. The van der Waals surface area contributed by atoms with Gasteiger partial charge in [0.1, 0.15) is 0 Å². The number of amides is 1. The van der Waals surface area contributed by atoms with E-state index >= 15 is 0 Å². The van der Waals surface area contributed by atoms with Crippen LogP contribution in [0.15, 0.2) is 35.3 Å². The number of nitrogens with zero attached hydrogens (tertiary/aromatic N) is 4. The van der Waals surface area contributed by atoms with Crippen molar-refractivity contribution in [1.29, 1.82) is 0 Å². The van der Waals surface area contributed by atoms with Gasteiger partial charge in [0.2, 0.25) is 5.91 Å². The molecule has 30 heavy (non-hydrogen) atoms. The number of hydrogen-bond donors (Lipinski definition) is 2. The number of aliphatic imine (C=N–C) groups is 1. The predicted octanol–water partition coefficient (Wildman–Crippen LogP) is 2.08. The Labute approximate surface area is 181 Å². The molecule has 7 heteroatoms. The maximum absolute atomic E-state index is 12.7. The van der Waals surface area contributed by atoms with Crippen LogP contribution in [0.25, 0.3) is 0 Å². The molecule has 3 rings (SSSR count). The lowest BCUT2D eigenvalue weighted by Crippen LogP contribution is -2.57. The summed E-state index contributed by atoms with van der Waals surface area (Å²) in [5.41, 5.74) is 1.15. The van der Waals surface area contributed by atoms with Gasteiger partial charge in [-0.2, -0.15) is 0 Å². The summed E-state index contributed by atoms with van der Waals surface area (Å²) in [4.78, 5) is 24.2. The number of para-hydroxylation sites is 1. The summed E-state index contributed by atoms with van der Waals surface area (Å²) in [6.45, 7) is 12.2. The summed E-state index contributed by atoms with van der Waals surface area (Å²) in [6.07, 6.45) is 3.29. The topological polar surface area (TPSA) is 63.2 Å². The molecule has 0 radical (unpaired) electrons. The van der Waals surface area contributed by atoms with Crippen molar-refractivity contribution in [2.75, 3.05) is 64.2 Å². The summed E-state index contributed by atoms with van der Waals surface area (Å²) >= 11 is 0. The molecule has 2 N–H and O–H groups in total. The molecule has 1 aromatic rings. The molecule has 0 spiro atoms. The van der Waals surface area contributed by atoms with Crippen LogP contribution in [0, 0.1) is 0 Å². The number of rotatable bonds is 8. The van der Waals surface area contributed by atoms with Crippen molar-refractivity contribution < 1.29 is 4.79 Å². The van der Waals surface area contributed by atoms with Gasteiger partial charge >= 0.3 is 0 Å². The number of carbonyl (C=O) groups excluding carboxylic acids is 1. The molecule has 1 aromatic carbocycles. The van der Waals surface area contributed by atoms with Crippen LogP contribution >= 0.6 is 0 Å². The van der Waals surface area contributed by atoms with E-state index in [0.29, 0.717) is 5.91 Å². The third-order valence-electron chi connectivity index (χ3n) is 5.97. The van der Waals surface area contributed by atoms with Gasteiger partial charge in [0.25, 0.3) is 0 Å². The molecule has 0 bridgehead atoms. The summed E-state index contributed by atoms with van der Waals surface area (Å²) in [5, 5.41) is 6.87. The van der Waals surface area contributed by atoms with Crippen LogP contribution in [0.3, 0.4) is 0 Å². The summed E-state index contributed by atoms with van der Waals surface area (Å²) in [7, 11) is 0. The van der Waals surface area contributed by atoms with Crippen molar-refractivity contribution in [3.63, 3.8) is 0 Å². The monoisotopic (exact) mass is 414 g/mol. The van der Waals surface area contributed by atoms with Crippen LogP contribution in [0.2, 0.25) is 0 Å². The molecule has 2 fully saturated rings. The van der Waals surface area contributed by atoms with Crippen LogP contribution in [0.5, 0.6) is 0 Å². The number of anilines is 1. The van der Waals surface area contributed by atoms with Crippen molar-refractivity contribution in [1.82, 2.24) is 20.0 Å². The van der Waals surface area contributed by atoms with E-state index in [2.05, 4.69) is 46.4 Å². The maximum Gasteiger partial charge on any atom is 0.239 e. The molecule has 1 unspecified atom stereocenters. The summed E-state index contributed by atoms with van der Waals surface area (Å²) < 4.78 is 0. The van der Waals surface area contributed by atoms with Crippen molar-refractivity contribution in [2.45, 2.75) is 39.2 Å². The molecule has 2 aliphatic heterocycles. The second-order valence-corrected chi connectivity index (χ2v) is 8.11. The first-order valence-corrected chi connectivity index (χ1v) is 11.5. The molecule has 2 saturated heterocycles. The number of nitrogens with one attached hydrogen (secondary N) is 2. The number of benzene rings is 1. The average Bonchev–Trinajstić information content (AvgIpc) is 3.33. The maximum atomic E-state index is 12.7. The van der Waals surface area contributed by atoms with Crippen LogP contribution < -0.4 is 10.6 Å². The molecule has 7 nitrogen and oxygen atoms in total. The Morgan fingerprint density at radius 2 is 1.73 bits per heavy atom. The number of guanidine groups is 1. The van der Waals surface area contributed by atoms with E-state index in [0.717, 1.165) is 89.8 Å². The normalized spacial score (nSPS) is 19.1. The summed E-state index contributed by atoms with van der Waals surface area (Å²) in [5.74, 6) is 1.29. The Balaban J connectivity index is 1.42. The average molecular weight is 415 g/mol. The van der Waals surface area contributed by atoms with Gasteiger partial charge in [-0.25, -0.2) is 0 Å². The number of piperazine rings is 1. The minimum absolute atomic E-state index is 0.0196. The highest BCUT2D eigenvalue weighted by atomic mass is 16.2. The van der Waals surface area contributed by atoms with Crippen molar-refractivity contribution >= 4 is 17.6 Å². The van der Waals surface area contributed by atoms with E-state index in [4.69, 9.17) is 4.99 Å². The lowest BCUT2D eigenvalue weighted by Gasteiger charge is -2.39. The Hall–Kier alpha value is -2.28. The van der Waals surface area contributed by atoms with Gasteiger partial charge in [0.05, 0.1) is 6.04 Å². The molecule has 0 saturated carbocycles. The third-order valence-corrected chi connectivity index (χ3v) is 5.97. The molecule has 0 aromatic heterocycles. The Bertz CT molecular complexity index is 666. The fourth-order valence-corrected chi connectivity index (χ4v) is 4.16. The molecular weight excluding hydrogens is 376 g/mol. The Morgan fingerprint density at radius 1 is 1.03 bits per heavy atom. The fourth-order valence-electron chi connectivity index (χ4n) is 4.16. The fraction of sp³-hybridized carbons (Fsp3) is 0.652. The predicted molar refractivity (Wildman–Crippen MR) is 124 cm³/mol. The van der Waals surface area contributed by atoms with Crippen molar-refractivity contribution in [3.05, 3.63) is 30.3 Å². The Kier molecular flexibility index (Phi) is 8.81. The molecule has 1 atom stereocenters. The van der Waals surface area contributed by atoms with Gasteiger partial charge in [0, 0.05) is 64.6 Å². The second-order valence-electron chi connectivity index (χ2n) is 8.11. The lowest BCUT2D eigenvalue weighted by atomic mass is 10.2. The number of hydrogen-bond acceptors (Lipinski definition) is 4. The van der Waals surface area contributed by atoms with Crippen LogP contribution in [-0.2, 0) is 4.79 Å². The van der Waals surface area contributed by atoms with Gasteiger partial charge in [-0.3, -0.25) is 14.7 Å². The van der Waals surface area contributed by atoms with Gasteiger partial charge in [-0.15, -0.1) is 0 Å². The van der Waals surface area contributed by atoms with Crippen LogP contribution in [-0.4, -0.2) is 91.5 Å². The van der Waals surface area contributed by atoms with Crippen LogP contribution in [0.1, 0.15) is 33.1 Å². The molecule has 2 aliphatic rings. The zero-order chi connectivity index (χ0) is 21.2. The Morgan fingerprint density at radius 3 is 2.40 bits per heavy atom. The smallest absolute Gasteiger partial charge is 0.239 e.